The molecule has 0 radical (unpaired) electrons. The van der Waals surface area contributed by atoms with E-state index in [9.17, 15) is 4.79 Å². The van der Waals surface area contributed by atoms with Crippen LogP contribution in [0.3, 0.4) is 0 Å². The number of carboxylic acids is 1. The fraction of sp³-hybridized carbons (Fsp3) is 0.833. The van der Waals surface area contributed by atoms with Gasteiger partial charge in [0.05, 0.1) is 0 Å². The Hall–Kier alpha value is 1.09. The average molecular weight is 390 g/mol. The van der Waals surface area contributed by atoms with Gasteiger partial charge in [-0.05, 0) is 32.1 Å². The van der Waals surface area contributed by atoms with Gasteiger partial charge in [-0.2, -0.15) is 0 Å². The van der Waals surface area contributed by atoms with E-state index in [1.807, 2.05) is 0 Å². The molecular weight excluding hydrogens is 354 g/mol. The summed E-state index contributed by atoms with van der Waals surface area (Å²) >= 11 is 0. The SMILES string of the molecule is CCCCCCCC/C=C\CCCCCCCC(=O)O.[Ca+2].[H-].[H-].[Zn]. The number of unbranched alkanes of at least 4 members (excludes halogenated alkanes) is 11. The second-order valence-electron chi connectivity index (χ2n) is 5.73. The first-order chi connectivity index (χ1) is 9.77. The van der Waals surface area contributed by atoms with Gasteiger partial charge in [-0.25, -0.2) is 0 Å². The van der Waals surface area contributed by atoms with E-state index in [4.69, 9.17) is 5.11 Å². The van der Waals surface area contributed by atoms with Crippen LogP contribution in [0.4, 0.5) is 0 Å². The first-order valence-corrected chi connectivity index (χ1v) is 8.64. The van der Waals surface area contributed by atoms with E-state index in [-0.39, 0.29) is 60.1 Å². The number of rotatable bonds is 15. The molecule has 0 bridgehead atoms. The van der Waals surface area contributed by atoms with Crippen LogP contribution in [-0.2, 0) is 24.3 Å². The number of carbonyl (C=O) groups is 1. The monoisotopic (exact) mass is 388 g/mol. The molecule has 2 nitrogen and oxygen atoms in total. The number of hydrogen-bond acceptors (Lipinski definition) is 1. The van der Waals surface area contributed by atoms with E-state index in [1.54, 1.807) is 0 Å². The fourth-order valence-electron chi connectivity index (χ4n) is 2.35. The van der Waals surface area contributed by atoms with E-state index >= 15 is 0 Å². The Morgan fingerprint density at radius 2 is 1.23 bits per heavy atom. The van der Waals surface area contributed by atoms with E-state index in [1.165, 1.54) is 70.6 Å². The minimum atomic E-state index is -0.664. The van der Waals surface area contributed by atoms with Crippen LogP contribution in [0.1, 0.15) is 99.7 Å². The molecule has 22 heavy (non-hydrogen) atoms. The van der Waals surface area contributed by atoms with Crippen molar-refractivity contribution in [2.45, 2.75) is 96.8 Å². The zero-order chi connectivity index (χ0) is 14.9. The maximum atomic E-state index is 10.3. The summed E-state index contributed by atoms with van der Waals surface area (Å²) in [5.41, 5.74) is 0. The van der Waals surface area contributed by atoms with Crippen LogP contribution in [0.25, 0.3) is 0 Å². The molecule has 0 spiro atoms. The van der Waals surface area contributed by atoms with E-state index < -0.39 is 5.97 Å². The summed E-state index contributed by atoms with van der Waals surface area (Å²) < 4.78 is 0. The van der Waals surface area contributed by atoms with E-state index in [0.717, 1.165) is 12.8 Å². The second kappa shape index (κ2) is 24.3. The third-order valence-corrected chi connectivity index (χ3v) is 3.65. The molecule has 0 heterocycles. The van der Waals surface area contributed by atoms with Gasteiger partial charge in [-0.15, -0.1) is 0 Å². The molecule has 0 saturated heterocycles. The maximum Gasteiger partial charge on any atom is 2.00 e. The third kappa shape index (κ3) is 26.0. The molecule has 0 aliphatic rings. The predicted octanol–water partition coefficient (Wildman–Crippen LogP) is 5.95. The van der Waals surface area contributed by atoms with E-state index in [0.29, 0.717) is 6.42 Å². The molecule has 0 aromatic rings. The van der Waals surface area contributed by atoms with Crippen molar-refractivity contribution < 1.29 is 32.2 Å². The van der Waals surface area contributed by atoms with Gasteiger partial charge in [-0.1, -0.05) is 70.4 Å². The zero-order valence-electron chi connectivity index (χ0n) is 16.8. The zero-order valence-corrected chi connectivity index (χ0v) is 20.0. The summed E-state index contributed by atoms with van der Waals surface area (Å²) in [6, 6.07) is 0. The summed E-state index contributed by atoms with van der Waals surface area (Å²) in [5, 5.41) is 8.51. The second-order valence-corrected chi connectivity index (χ2v) is 5.73. The molecule has 0 atom stereocenters. The Morgan fingerprint density at radius 3 is 1.68 bits per heavy atom. The number of carboxylic acid groups (broad SMARTS) is 1. The molecule has 4 heteroatoms. The van der Waals surface area contributed by atoms with Crippen LogP contribution in [0.2, 0.25) is 0 Å². The van der Waals surface area contributed by atoms with Gasteiger partial charge in [0.15, 0.2) is 0 Å². The largest absolute Gasteiger partial charge is 2.00 e. The van der Waals surface area contributed by atoms with Crippen molar-refractivity contribution in [1.29, 1.82) is 0 Å². The van der Waals surface area contributed by atoms with Gasteiger partial charge >= 0.3 is 43.7 Å². The Bertz CT molecular complexity index is 255. The molecule has 0 unspecified atom stereocenters. The Morgan fingerprint density at radius 1 is 0.818 bits per heavy atom. The van der Waals surface area contributed by atoms with Gasteiger partial charge in [0, 0.05) is 25.9 Å². The first-order valence-electron chi connectivity index (χ1n) is 8.64. The van der Waals surface area contributed by atoms with Crippen LogP contribution < -0.4 is 0 Å². The Balaban J connectivity index is -0.000000301. The number of hydrogen-bond donors (Lipinski definition) is 1. The van der Waals surface area contributed by atoms with Crippen molar-refractivity contribution in [2.24, 2.45) is 0 Å². The van der Waals surface area contributed by atoms with Crippen molar-refractivity contribution in [3.05, 3.63) is 12.2 Å². The quantitative estimate of drug-likeness (QED) is 0.213. The van der Waals surface area contributed by atoms with Crippen LogP contribution >= 0.6 is 0 Å². The van der Waals surface area contributed by atoms with Crippen molar-refractivity contribution in [2.75, 3.05) is 0 Å². The molecule has 0 fully saturated rings. The summed E-state index contributed by atoms with van der Waals surface area (Å²) in [7, 11) is 0. The maximum absolute atomic E-state index is 10.3. The van der Waals surface area contributed by atoms with Crippen molar-refractivity contribution >= 4 is 43.7 Å². The fourth-order valence-corrected chi connectivity index (χ4v) is 2.35. The van der Waals surface area contributed by atoms with Crippen LogP contribution in [0.5, 0.6) is 0 Å². The first kappa shape index (κ1) is 27.9. The van der Waals surface area contributed by atoms with Gasteiger partial charge < -0.3 is 7.96 Å². The molecule has 0 aliphatic heterocycles. The molecule has 1 N–H and O–H groups in total. The molecule has 0 aromatic carbocycles. The standard InChI is InChI=1S/C18H34O2.Ca.Zn.2H/c1-2-3-4-5-6-7-8-9-10-11-12-13-14-15-16-17-18(19)20;;;;/h9-10H,2-8,11-17H2,1H3,(H,19,20);;;;/q;+2;;2*-1/b10-9-;;;;. The molecule has 0 aromatic heterocycles. The smallest absolute Gasteiger partial charge is 1.00 e. The van der Waals surface area contributed by atoms with Crippen molar-refractivity contribution in [3.8, 4) is 0 Å². The molecule has 0 aliphatic carbocycles. The van der Waals surface area contributed by atoms with Gasteiger partial charge in [0.25, 0.3) is 0 Å². The minimum absolute atomic E-state index is 0. The van der Waals surface area contributed by atoms with Crippen LogP contribution in [-0.4, -0.2) is 48.8 Å². The summed E-state index contributed by atoms with van der Waals surface area (Å²) in [6.45, 7) is 2.26. The van der Waals surface area contributed by atoms with Crippen molar-refractivity contribution in [3.63, 3.8) is 0 Å². The normalized spacial score (nSPS) is 10.2. The number of allylic oxidation sites excluding steroid dienone is 2. The minimum Gasteiger partial charge on any atom is -1.00 e. The Labute approximate surface area is 183 Å². The van der Waals surface area contributed by atoms with Gasteiger partial charge in [-0.3, -0.25) is 4.79 Å². The molecule has 0 saturated carbocycles. The summed E-state index contributed by atoms with van der Waals surface area (Å²) in [4.78, 5) is 10.3. The molecule has 0 rings (SSSR count). The predicted molar refractivity (Wildman–Crippen MR) is 95.1 cm³/mol. The molecule has 124 valence electrons. The van der Waals surface area contributed by atoms with E-state index in [2.05, 4.69) is 19.1 Å². The van der Waals surface area contributed by atoms with Crippen molar-refractivity contribution in [1.82, 2.24) is 0 Å². The third-order valence-electron chi connectivity index (χ3n) is 3.65. The molecular formula is C18H36CaO2Zn. The number of aliphatic carboxylic acids is 1. The summed E-state index contributed by atoms with van der Waals surface area (Å²) in [6.07, 6.45) is 21.2. The molecule has 0 amide bonds. The van der Waals surface area contributed by atoms with Gasteiger partial charge in [0.1, 0.15) is 0 Å². The average Bonchev–Trinajstić information content (AvgIpc) is 2.43. The van der Waals surface area contributed by atoms with Crippen LogP contribution in [0, 0.1) is 0 Å². The topological polar surface area (TPSA) is 37.3 Å². The van der Waals surface area contributed by atoms with Crippen LogP contribution in [0.15, 0.2) is 12.2 Å². The van der Waals surface area contributed by atoms with Gasteiger partial charge in [0.2, 0.25) is 0 Å². The Kier molecular flexibility index (Phi) is 30.9. The summed E-state index contributed by atoms with van der Waals surface area (Å²) in [5.74, 6) is -0.664.